The standard InChI is InChI=1S/C24H23F3N8O/c1-13-2-7-17(11-30-13)35-22-19(21(28)31-12-32-22)20(34-35)14-3-5-15(6-4-14)23(36)33-18-10-16(8-9-29-18)24(25,26)27/h3-6,8-10,12-13,17,30H,2,7,11H2,1H3,(H2,28,31,32)(H,29,33,36). The van der Waals surface area contributed by atoms with E-state index in [0.717, 1.165) is 37.7 Å². The Morgan fingerprint density at radius 2 is 1.92 bits per heavy atom. The zero-order valence-electron chi connectivity index (χ0n) is 19.3. The van der Waals surface area contributed by atoms with Crippen molar-refractivity contribution in [3.05, 3.63) is 60.0 Å². The van der Waals surface area contributed by atoms with Gasteiger partial charge in [0, 0.05) is 29.9 Å². The summed E-state index contributed by atoms with van der Waals surface area (Å²) in [5.74, 6) is -0.478. The highest BCUT2D eigenvalue weighted by Crippen LogP contribution is 2.34. The summed E-state index contributed by atoms with van der Waals surface area (Å²) in [7, 11) is 0. The summed E-state index contributed by atoms with van der Waals surface area (Å²) >= 11 is 0. The number of alkyl halides is 3. The van der Waals surface area contributed by atoms with E-state index in [1.165, 1.54) is 6.33 Å². The van der Waals surface area contributed by atoms with Gasteiger partial charge in [-0.1, -0.05) is 12.1 Å². The maximum absolute atomic E-state index is 12.9. The predicted octanol–water partition coefficient (Wildman–Crippen LogP) is 4.05. The van der Waals surface area contributed by atoms with Gasteiger partial charge >= 0.3 is 6.18 Å². The quantitative estimate of drug-likeness (QED) is 0.389. The number of halogens is 3. The highest BCUT2D eigenvalue weighted by atomic mass is 19.4. The Labute approximate surface area is 204 Å². The Morgan fingerprint density at radius 1 is 1.14 bits per heavy atom. The average Bonchev–Trinajstić information content (AvgIpc) is 3.25. The molecule has 2 atom stereocenters. The van der Waals surface area contributed by atoms with Crippen LogP contribution < -0.4 is 16.4 Å². The first-order valence-corrected chi connectivity index (χ1v) is 11.4. The molecule has 2 unspecified atom stereocenters. The number of pyridine rings is 1. The smallest absolute Gasteiger partial charge is 0.383 e. The van der Waals surface area contributed by atoms with E-state index in [4.69, 9.17) is 10.8 Å². The van der Waals surface area contributed by atoms with E-state index >= 15 is 0 Å². The van der Waals surface area contributed by atoms with Gasteiger partial charge in [0.05, 0.1) is 17.0 Å². The Morgan fingerprint density at radius 3 is 2.61 bits per heavy atom. The summed E-state index contributed by atoms with van der Waals surface area (Å²) in [5, 5.41) is 11.3. The molecule has 4 N–H and O–H groups in total. The van der Waals surface area contributed by atoms with Gasteiger partial charge in [-0.25, -0.2) is 19.6 Å². The van der Waals surface area contributed by atoms with Crippen molar-refractivity contribution in [1.29, 1.82) is 0 Å². The van der Waals surface area contributed by atoms with Gasteiger partial charge < -0.3 is 16.4 Å². The number of fused-ring (bicyclic) bond motifs is 1. The van der Waals surface area contributed by atoms with Crippen LogP contribution in [-0.4, -0.2) is 43.2 Å². The number of benzene rings is 1. The van der Waals surface area contributed by atoms with E-state index in [-0.39, 0.29) is 17.4 Å². The first-order chi connectivity index (χ1) is 17.2. The Hall–Kier alpha value is -4.06. The van der Waals surface area contributed by atoms with Crippen molar-refractivity contribution < 1.29 is 18.0 Å². The number of nitrogen functional groups attached to an aromatic ring is 1. The molecule has 0 aliphatic carbocycles. The van der Waals surface area contributed by atoms with E-state index in [9.17, 15) is 18.0 Å². The number of hydrogen-bond donors (Lipinski definition) is 3. The van der Waals surface area contributed by atoms with E-state index in [2.05, 4.69) is 32.5 Å². The van der Waals surface area contributed by atoms with Gasteiger partial charge in [0.25, 0.3) is 5.91 Å². The second-order valence-electron chi connectivity index (χ2n) is 8.75. The number of carbonyl (C=O) groups is 1. The summed E-state index contributed by atoms with van der Waals surface area (Å²) in [5.41, 5.74) is 7.47. The van der Waals surface area contributed by atoms with E-state index in [0.29, 0.717) is 34.2 Å². The number of aromatic nitrogens is 5. The molecule has 5 rings (SSSR count). The molecule has 0 bridgehead atoms. The second kappa shape index (κ2) is 9.19. The molecule has 0 spiro atoms. The fourth-order valence-corrected chi connectivity index (χ4v) is 4.29. The Kier molecular flexibility index (Phi) is 6.04. The first-order valence-electron chi connectivity index (χ1n) is 11.4. The highest BCUT2D eigenvalue weighted by molar-refractivity contribution is 6.04. The fourth-order valence-electron chi connectivity index (χ4n) is 4.29. The largest absolute Gasteiger partial charge is 0.416 e. The molecule has 1 aliphatic rings. The van der Waals surface area contributed by atoms with Gasteiger partial charge in [0.1, 0.15) is 23.7 Å². The SMILES string of the molecule is CC1CCC(n2nc(-c3ccc(C(=O)Nc4cc(C(F)(F)F)ccn4)cc3)c3c(N)ncnc32)CN1. The molecule has 1 aliphatic heterocycles. The molecule has 4 heterocycles. The topological polar surface area (TPSA) is 124 Å². The van der Waals surface area contributed by atoms with Gasteiger partial charge in [0.2, 0.25) is 0 Å². The Balaban J connectivity index is 1.42. The van der Waals surface area contributed by atoms with Gasteiger partial charge in [-0.3, -0.25) is 4.79 Å². The molecular weight excluding hydrogens is 473 g/mol. The lowest BCUT2D eigenvalue weighted by molar-refractivity contribution is -0.137. The third-order valence-corrected chi connectivity index (χ3v) is 6.25. The van der Waals surface area contributed by atoms with Crippen molar-refractivity contribution in [1.82, 2.24) is 30.0 Å². The molecule has 1 saturated heterocycles. The first kappa shape index (κ1) is 23.7. The van der Waals surface area contributed by atoms with Crippen LogP contribution in [0.1, 0.15) is 41.7 Å². The zero-order valence-corrected chi connectivity index (χ0v) is 19.3. The molecule has 1 amide bonds. The van der Waals surface area contributed by atoms with Crippen LogP contribution >= 0.6 is 0 Å². The number of hydrogen-bond acceptors (Lipinski definition) is 7. The third kappa shape index (κ3) is 4.59. The molecular formula is C24H23F3N8O. The van der Waals surface area contributed by atoms with E-state index < -0.39 is 17.6 Å². The third-order valence-electron chi connectivity index (χ3n) is 6.25. The van der Waals surface area contributed by atoms with Gasteiger partial charge in [-0.2, -0.15) is 18.3 Å². The van der Waals surface area contributed by atoms with Crippen molar-refractivity contribution in [3.8, 4) is 11.3 Å². The minimum atomic E-state index is -4.53. The van der Waals surface area contributed by atoms with E-state index in [1.807, 2.05) is 4.68 Å². The number of nitrogens with one attached hydrogen (secondary N) is 2. The van der Waals surface area contributed by atoms with Gasteiger partial charge in [0.15, 0.2) is 5.65 Å². The number of carbonyl (C=O) groups excluding carboxylic acids is 1. The number of amides is 1. The molecule has 12 heteroatoms. The number of piperidine rings is 1. The normalized spacial score (nSPS) is 18.3. The lowest BCUT2D eigenvalue weighted by Gasteiger charge is -2.27. The summed E-state index contributed by atoms with van der Waals surface area (Å²) < 4.78 is 40.7. The van der Waals surface area contributed by atoms with Crippen molar-refractivity contribution in [3.63, 3.8) is 0 Å². The van der Waals surface area contributed by atoms with Crippen LogP contribution in [0.3, 0.4) is 0 Å². The Bertz CT molecular complexity index is 1410. The molecule has 36 heavy (non-hydrogen) atoms. The van der Waals surface area contributed by atoms with Crippen LogP contribution in [-0.2, 0) is 6.18 Å². The summed E-state index contributed by atoms with van der Waals surface area (Å²) in [6.07, 6.45) is -0.178. The van der Waals surface area contributed by atoms with E-state index in [1.54, 1.807) is 24.3 Å². The molecule has 3 aromatic heterocycles. The molecule has 1 fully saturated rings. The number of nitrogens with zero attached hydrogens (tertiary/aromatic N) is 5. The average molecular weight is 496 g/mol. The van der Waals surface area contributed by atoms with Crippen LogP contribution in [0.15, 0.2) is 48.9 Å². The molecule has 0 radical (unpaired) electrons. The van der Waals surface area contributed by atoms with Crippen LogP contribution in [0, 0.1) is 0 Å². The monoisotopic (exact) mass is 496 g/mol. The number of anilines is 2. The van der Waals surface area contributed by atoms with Crippen molar-refractivity contribution in [2.24, 2.45) is 0 Å². The summed E-state index contributed by atoms with van der Waals surface area (Å²) in [6, 6.07) is 8.70. The molecule has 186 valence electrons. The number of rotatable bonds is 4. The van der Waals surface area contributed by atoms with Crippen molar-refractivity contribution in [2.75, 3.05) is 17.6 Å². The number of nitrogens with two attached hydrogens (primary N) is 1. The van der Waals surface area contributed by atoms with Crippen molar-refractivity contribution >= 4 is 28.6 Å². The van der Waals surface area contributed by atoms with Crippen LogP contribution in [0.4, 0.5) is 24.8 Å². The van der Waals surface area contributed by atoms with Crippen LogP contribution in [0.25, 0.3) is 22.3 Å². The minimum Gasteiger partial charge on any atom is -0.383 e. The zero-order chi connectivity index (χ0) is 25.4. The lowest BCUT2D eigenvalue weighted by atomic mass is 10.0. The maximum atomic E-state index is 12.9. The fraction of sp³-hybridized carbons (Fsp3) is 0.292. The van der Waals surface area contributed by atoms with Crippen LogP contribution in [0.2, 0.25) is 0 Å². The molecule has 9 nitrogen and oxygen atoms in total. The van der Waals surface area contributed by atoms with Crippen LogP contribution in [0.5, 0.6) is 0 Å². The lowest BCUT2D eigenvalue weighted by Crippen LogP contribution is -2.38. The molecule has 4 aromatic rings. The maximum Gasteiger partial charge on any atom is 0.416 e. The van der Waals surface area contributed by atoms with Gasteiger partial charge in [-0.15, -0.1) is 0 Å². The van der Waals surface area contributed by atoms with Crippen molar-refractivity contribution in [2.45, 2.75) is 38.0 Å². The highest BCUT2D eigenvalue weighted by Gasteiger charge is 2.31. The summed E-state index contributed by atoms with van der Waals surface area (Å²) in [4.78, 5) is 25.0. The second-order valence-corrected chi connectivity index (χ2v) is 8.75. The summed E-state index contributed by atoms with van der Waals surface area (Å²) in [6.45, 7) is 2.90. The molecule has 0 saturated carbocycles. The van der Waals surface area contributed by atoms with Gasteiger partial charge in [-0.05, 0) is 44.0 Å². The minimum absolute atomic E-state index is 0.108. The predicted molar refractivity (Wildman–Crippen MR) is 128 cm³/mol. The molecule has 1 aromatic carbocycles.